The Morgan fingerprint density at radius 3 is 2.66 bits per heavy atom. The number of amides is 1. The second-order valence-corrected chi connectivity index (χ2v) is 9.26. The van der Waals surface area contributed by atoms with Crippen LogP contribution >= 0.6 is 0 Å². The number of rotatable bonds is 7. The van der Waals surface area contributed by atoms with Gasteiger partial charge in [0.1, 0.15) is 10.6 Å². The van der Waals surface area contributed by atoms with Crippen molar-refractivity contribution >= 4 is 21.6 Å². The summed E-state index contributed by atoms with van der Waals surface area (Å²) < 4.78 is 38.5. The zero-order chi connectivity index (χ0) is 21.2. The maximum absolute atomic E-state index is 13.3. The van der Waals surface area contributed by atoms with Crippen LogP contribution in [-0.2, 0) is 19.6 Å². The minimum atomic E-state index is -3.98. The van der Waals surface area contributed by atoms with Crippen LogP contribution in [0.2, 0.25) is 0 Å². The third-order valence-electron chi connectivity index (χ3n) is 5.20. The fourth-order valence-corrected chi connectivity index (χ4v) is 5.19. The summed E-state index contributed by atoms with van der Waals surface area (Å²) in [4.78, 5) is 12.8. The predicted molar refractivity (Wildman–Crippen MR) is 108 cm³/mol. The number of benzene rings is 1. The first-order chi connectivity index (χ1) is 13.7. The zero-order valence-corrected chi connectivity index (χ0v) is 18.0. The zero-order valence-electron chi connectivity index (χ0n) is 17.2. The number of aromatic nitrogens is 1. The van der Waals surface area contributed by atoms with Crippen molar-refractivity contribution < 1.29 is 22.5 Å². The van der Waals surface area contributed by atoms with Gasteiger partial charge in [0.25, 0.3) is 0 Å². The van der Waals surface area contributed by atoms with Crippen LogP contribution in [0.1, 0.15) is 35.4 Å². The molecule has 1 amide bonds. The highest BCUT2D eigenvalue weighted by Gasteiger charge is 2.35. The molecule has 0 saturated carbocycles. The van der Waals surface area contributed by atoms with Crippen molar-refractivity contribution in [1.29, 1.82) is 0 Å². The summed E-state index contributed by atoms with van der Waals surface area (Å²) in [7, 11) is -3.98. The molecule has 1 atom stereocenters. The molecule has 9 heteroatoms. The van der Waals surface area contributed by atoms with E-state index < -0.39 is 15.9 Å². The Balaban J connectivity index is 1.85. The van der Waals surface area contributed by atoms with Crippen LogP contribution in [0.3, 0.4) is 0 Å². The van der Waals surface area contributed by atoms with Crippen molar-refractivity contribution in [2.75, 3.05) is 25.0 Å². The number of carbonyl (C=O) groups is 1. The van der Waals surface area contributed by atoms with Gasteiger partial charge in [0.2, 0.25) is 15.9 Å². The van der Waals surface area contributed by atoms with Crippen molar-refractivity contribution in [3.05, 3.63) is 40.8 Å². The smallest absolute Gasteiger partial charge is 0.249 e. The van der Waals surface area contributed by atoms with Gasteiger partial charge in [0.05, 0.1) is 12.6 Å². The van der Waals surface area contributed by atoms with Gasteiger partial charge in [0.15, 0.2) is 5.76 Å². The van der Waals surface area contributed by atoms with Gasteiger partial charge in [-0.3, -0.25) is 4.79 Å². The summed E-state index contributed by atoms with van der Waals surface area (Å²) >= 11 is 0. The quantitative estimate of drug-likeness (QED) is 0.738. The Kier molecular flexibility index (Phi) is 6.40. The number of hydrogen-bond acceptors (Lipinski definition) is 6. The molecule has 1 aromatic carbocycles. The lowest BCUT2D eigenvalue weighted by Gasteiger charge is -2.24. The number of sulfonamides is 1. The Hall–Kier alpha value is -2.23. The lowest BCUT2D eigenvalue weighted by Crippen LogP contribution is -2.42. The fraction of sp³-hybridized carbons (Fsp3) is 0.500. The molecule has 2 heterocycles. The number of hydrogen-bond donors (Lipinski definition) is 1. The summed E-state index contributed by atoms with van der Waals surface area (Å²) in [6, 6.07) is 5.60. The second kappa shape index (κ2) is 8.64. The molecule has 8 nitrogen and oxygen atoms in total. The molecule has 0 radical (unpaired) electrons. The van der Waals surface area contributed by atoms with E-state index >= 15 is 0 Å². The Labute approximate surface area is 171 Å². The van der Waals surface area contributed by atoms with Crippen molar-refractivity contribution in [2.45, 2.75) is 51.5 Å². The highest BCUT2D eigenvalue weighted by atomic mass is 32.2. The van der Waals surface area contributed by atoms with E-state index in [1.807, 2.05) is 26.0 Å². The van der Waals surface area contributed by atoms with Crippen molar-refractivity contribution in [3.8, 4) is 0 Å². The Bertz CT molecular complexity index is 974. The van der Waals surface area contributed by atoms with Gasteiger partial charge in [-0.2, -0.15) is 4.31 Å². The van der Waals surface area contributed by atoms with Gasteiger partial charge in [-0.1, -0.05) is 17.3 Å². The third kappa shape index (κ3) is 4.68. The fourth-order valence-electron chi connectivity index (χ4n) is 3.47. The van der Waals surface area contributed by atoms with Crippen LogP contribution in [0.25, 0.3) is 0 Å². The van der Waals surface area contributed by atoms with Crippen LogP contribution in [-0.4, -0.2) is 49.6 Å². The van der Waals surface area contributed by atoms with E-state index in [-0.39, 0.29) is 35.5 Å². The first kappa shape index (κ1) is 21.5. The highest BCUT2D eigenvalue weighted by molar-refractivity contribution is 7.89. The van der Waals surface area contributed by atoms with Gasteiger partial charge in [-0.25, -0.2) is 8.42 Å². The van der Waals surface area contributed by atoms with Crippen LogP contribution in [0.15, 0.2) is 27.6 Å². The van der Waals surface area contributed by atoms with Gasteiger partial charge >= 0.3 is 0 Å². The average molecular weight is 422 g/mol. The van der Waals surface area contributed by atoms with E-state index in [0.717, 1.165) is 28.3 Å². The van der Waals surface area contributed by atoms with Crippen molar-refractivity contribution in [3.63, 3.8) is 0 Å². The molecule has 2 aromatic rings. The van der Waals surface area contributed by atoms with E-state index in [4.69, 9.17) is 9.26 Å². The largest absolute Gasteiger partial charge is 0.377 e. The number of carbonyl (C=O) groups excluding carboxylic acids is 1. The number of ether oxygens (including phenoxy) is 1. The Morgan fingerprint density at radius 1 is 1.28 bits per heavy atom. The third-order valence-corrected chi connectivity index (χ3v) is 7.25. The van der Waals surface area contributed by atoms with Gasteiger partial charge in [-0.05, 0) is 57.7 Å². The number of nitrogens with zero attached hydrogens (tertiary/aromatic N) is 2. The summed E-state index contributed by atoms with van der Waals surface area (Å²) in [5.41, 5.74) is 2.93. The minimum absolute atomic E-state index is 0.00929. The van der Waals surface area contributed by atoms with E-state index in [9.17, 15) is 13.2 Å². The molecule has 1 fully saturated rings. The molecule has 1 aromatic heterocycles. The molecule has 0 aliphatic carbocycles. The molecular weight excluding hydrogens is 394 g/mol. The first-order valence-electron chi connectivity index (χ1n) is 9.61. The van der Waals surface area contributed by atoms with E-state index in [0.29, 0.717) is 12.3 Å². The van der Waals surface area contributed by atoms with Crippen LogP contribution in [0.4, 0.5) is 5.69 Å². The molecule has 3 rings (SSSR count). The lowest BCUT2D eigenvalue weighted by molar-refractivity contribution is -0.116. The SMILES string of the molecule is Cc1cccc(NC(=O)CN(C[C@@H]2CCCO2)S(=O)(=O)c2c(C)noc2C)c1C. The molecule has 1 saturated heterocycles. The van der Waals surface area contributed by atoms with E-state index in [1.165, 1.54) is 0 Å². The van der Waals surface area contributed by atoms with Gasteiger partial charge < -0.3 is 14.6 Å². The van der Waals surface area contributed by atoms with Gasteiger partial charge in [-0.15, -0.1) is 0 Å². The van der Waals surface area contributed by atoms with Crippen molar-refractivity contribution in [1.82, 2.24) is 9.46 Å². The molecule has 1 N–H and O–H groups in total. The summed E-state index contributed by atoms with van der Waals surface area (Å²) in [5, 5.41) is 6.58. The molecule has 0 unspecified atom stereocenters. The maximum Gasteiger partial charge on any atom is 0.249 e. The topological polar surface area (TPSA) is 102 Å². The maximum atomic E-state index is 13.3. The van der Waals surface area contributed by atoms with Gasteiger partial charge in [0, 0.05) is 18.8 Å². The summed E-state index contributed by atoms with van der Waals surface area (Å²) in [6.45, 7) is 7.37. The predicted octanol–water partition coefficient (Wildman–Crippen LogP) is 2.72. The molecule has 1 aliphatic rings. The molecule has 158 valence electrons. The van der Waals surface area contributed by atoms with Crippen LogP contribution in [0, 0.1) is 27.7 Å². The standard InChI is InChI=1S/C20H27N3O5S/c1-13-7-5-9-18(14(13)2)21-19(24)12-23(11-17-8-6-10-27-17)29(25,26)20-15(3)22-28-16(20)4/h5,7,9,17H,6,8,10-12H2,1-4H3,(H,21,24)/t17-/m0/s1. The second-order valence-electron chi connectivity index (χ2n) is 7.38. The van der Waals surface area contributed by atoms with Crippen LogP contribution < -0.4 is 5.32 Å². The molecular formula is C20H27N3O5S. The Morgan fingerprint density at radius 2 is 2.03 bits per heavy atom. The molecule has 29 heavy (non-hydrogen) atoms. The molecule has 0 spiro atoms. The summed E-state index contributed by atoms with van der Waals surface area (Å²) in [5.74, 6) is -0.207. The number of aryl methyl sites for hydroxylation is 3. The highest BCUT2D eigenvalue weighted by Crippen LogP contribution is 2.25. The van der Waals surface area contributed by atoms with E-state index in [1.54, 1.807) is 19.9 Å². The van der Waals surface area contributed by atoms with Crippen molar-refractivity contribution in [2.24, 2.45) is 0 Å². The first-order valence-corrected chi connectivity index (χ1v) is 11.0. The molecule has 1 aliphatic heterocycles. The lowest BCUT2D eigenvalue weighted by atomic mass is 10.1. The number of anilines is 1. The monoisotopic (exact) mass is 421 g/mol. The summed E-state index contributed by atoms with van der Waals surface area (Å²) in [6.07, 6.45) is 1.39. The van der Waals surface area contributed by atoms with Crippen LogP contribution in [0.5, 0.6) is 0 Å². The average Bonchev–Trinajstić information content (AvgIpc) is 3.28. The minimum Gasteiger partial charge on any atom is -0.377 e. The van der Waals surface area contributed by atoms with E-state index in [2.05, 4.69) is 10.5 Å². The molecule has 0 bridgehead atoms. The number of nitrogens with one attached hydrogen (secondary N) is 1. The normalized spacial score (nSPS) is 17.1.